The zero-order valence-electron chi connectivity index (χ0n) is 20.2. The van der Waals surface area contributed by atoms with Crippen LogP contribution in [0.4, 0.5) is 0 Å². The van der Waals surface area contributed by atoms with E-state index >= 15 is 0 Å². The van der Waals surface area contributed by atoms with Gasteiger partial charge in [0.2, 0.25) is 0 Å². The third kappa shape index (κ3) is 6.01. The van der Waals surface area contributed by atoms with Crippen LogP contribution in [0.5, 0.6) is 0 Å². The normalized spacial score (nSPS) is 18.5. The number of hydrogen-bond donors (Lipinski definition) is 1. The molecule has 36 heavy (non-hydrogen) atoms. The fourth-order valence-corrected chi connectivity index (χ4v) is 5.68. The second-order valence-corrected chi connectivity index (χ2v) is 10.4. The molecule has 5 rings (SSSR count). The molecule has 1 saturated heterocycles. The molecule has 1 atom stereocenters. The van der Waals surface area contributed by atoms with Crippen LogP contribution in [0.2, 0.25) is 0 Å². The smallest absolute Gasteiger partial charge is 0.318 e. The van der Waals surface area contributed by atoms with Crippen molar-refractivity contribution in [3.63, 3.8) is 0 Å². The third-order valence-corrected chi connectivity index (χ3v) is 7.73. The summed E-state index contributed by atoms with van der Waals surface area (Å²) in [5.41, 5.74) is 2.19. The van der Waals surface area contributed by atoms with Gasteiger partial charge in [-0.1, -0.05) is 79.7 Å². The summed E-state index contributed by atoms with van der Waals surface area (Å²) in [6.07, 6.45) is 2.05. The Morgan fingerprint density at radius 2 is 1.56 bits per heavy atom. The van der Waals surface area contributed by atoms with E-state index in [4.69, 9.17) is 4.74 Å². The van der Waals surface area contributed by atoms with Crippen molar-refractivity contribution in [1.82, 2.24) is 9.62 Å². The lowest BCUT2D eigenvalue weighted by molar-refractivity contribution is -0.152. The van der Waals surface area contributed by atoms with E-state index in [1.807, 2.05) is 65.4 Å². The molecule has 2 aliphatic rings. The van der Waals surface area contributed by atoms with E-state index in [2.05, 4.69) is 11.8 Å². The number of sulfonamides is 1. The summed E-state index contributed by atoms with van der Waals surface area (Å²) in [4.78, 5) is 26.4. The Bertz CT molecular complexity index is 1260. The fraction of sp³-hybridized carbons (Fsp3) is 0.286. The molecular formula is C28H30N2O5S. The first-order valence-corrected chi connectivity index (χ1v) is 13.6. The number of rotatable bonds is 5. The van der Waals surface area contributed by atoms with Crippen LogP contribution in [0.25, 0.3) is 0 Å². The standard InChI is InChI=1S/C21H25NO2.C7H5NO3S/c1-2-22-15-9-14-19(16-22)24-21(23)20(17-10-5-3-6-11-17)18-12-7-4-8-13-18;9-7-5-3-1-2-4-6(5)12(10,11)8-7/h3-8,10-13,19-20H,2,9,14-16H2,1H3;1-4H,(H,8,9). The summed E-state index contributed by atoms with van der Waals surface area (Å²) in [6.45, 7) is 5.11. The van der Waals surface area contributed by atoms with E-state index in [1.54, 1.807) is 12.1 Å². The predicted octanol–water partition coefficient (Wildman–Crippen LogP) is 3.96. The van der Waals surface area contributed by atoms with Crippen molar-refractivity contribution in [3.8, 4) is 0 Å². The molecule has 3 aromatic rings. The molecule has 8 heteroatoms. The number of carbonyl (C=O) groups is 2. The zero-order valence-corrected chi connectivity index (χ0v) is 21.0. The van der Waals surface area contributed by atoms with Gasteiger partial charge in [0.05, 0.1) is 5.56 Å². The van der Waals surface area contributed by atoms with Gasteiger partial charge in [-0.15, -0.1) is 0 Å². The van der Waals surface area contributed by atoms with Gasteiger partial charge in [-0.05, 0) is 49.2 Å². The van der Waals surface area contributed by atoms with Crippen molar-refractivity contribution in [2.24, 2.45) is 0 Å². The molecule has 0 spiro atoms. The molecule has 1 unspecified atom stereocenters. The molecular weight excluding hydrogens is 476 g/mol. The lowest BCUT2D eigenvalue weighted by Gasteiger charge is -2.32. The maximum atomic E-state index is 13.0. The van der Waals surface area contributed by atoms with Crippen molar-refractivity contribution < 1.29 is 22.7 Å². The number of piperidine rings is 1. The first-order chi connectivity index (χ1) is 17.4. The van der Waals surface area contributed by atoms with Gasteiger partial charge >= 0.3 is 5.97 Å². The number of carbonyl (C=O) groups excluding carboxylic acids is 2. The van der Waals surface area contributed by atoms with Crippen molar-refractivity contribution in [2.75, 3.05) is 19.6 Å². The van der Waals surface area contributed by atoms with E-state index in [0.717, 1.165) is 43.6 Å². The maximum absolute atomic E-state index is 13.0. The number of fused-ring (bicyclic) bond motifs is 1. The van der Waals surface area contributed by atoms with Crippen LogP contribution >= 0.6 is 0 Å². The van der Waals surface area contributed by atoms with Crippen LogP contribution in [0.1, 0.15) is 47.2 Å². The monoisotopic (exact) mass is 506 g/mol. The number of esters is 1. The van der Waals surface area contributed by atoms with Crippen molar-refractivity contribution >= 4 is 21.9 Å². The SMILES string of the molecule is CCN1CCCC(OC(=O)C(c2ccccc2)c2ccccc2)C1.O=C1NS(=O)(=O)c2ccccc21. The molecule has 2 aliphatic heterocycles. The highest BCUT2D eigenvalue weighted by Crippen LogP contribution is 2.27. The van der Waals surface area contributed by atoms with E-state index < -0.39 is 15.9 Å². The Hall–Kier alpha value is -3.49. The summed E-state index contributed by atoms with van der Waals surface area (Å²) in [5.74, 6) is -1.05. The van der Waals surface area contributed by atoms with Gasteiger partial charge in [-0.2, -0.15) is 0 Å². The Balaban J connectivity index is 0.000000211. The first kappa shape index (κ1) is 25.6. The minimum atomic E-state index is -3.55. The Morgan fingerprint density at radius 3 is 2.14 bits per heavy atom. The summed E-state index contributed by atoms with van der Waals surface area (Å²) in [7, 11) is -3.55. The zero-order chi connectivity index (χ0) is 25.5. The van der Waals surface area contributed by atoms with Gasteiger partial charge in [0, 0.05) is 6.54 Å². The molecule has 3 aromatic carbocycles. The quantitative estimate of drug-likeness (QED) is 0.527. The van der Waals surface area contributed by atoms with Crippen molar-refractivity contribution in [3.05, 3.63) is 102 Å². The molecule has 1 N–H and O–H groups in total. The van der Waals surface area contributed by atoms with Crippen LogP contribution in [0, 0.1) is 0 Å². The summed E-state index contributed by atoms with van der Waals surface area (Å²) in [6, 6.07) is 25.9. The lowest BCUT2D eigenvalue weighted by Crippen LogP contribution is -2.41. The van der Waals surface area contributed by atoms with Gasteiger partial charge in [-0.3, -0.25) is 14.5 Å². The minimum Gasteiger partial charge on any atom is -0.460 e. The van der Waals surface area contributed by atoms with Crippen LogP contribution in [0.3, 0.4) is 0 Å². The predicted molar refractivity (Wildman–Crippen MR) is 137 cm³/mol. The molecule has 0 saturated carbocycles. The Morgan fingerprint density at radius 1 is 0.972 bits per heavy atom. The first-order valence-electron chi connectivity index (χ1n) is 12.1. The summed E-state index contributed by atoms with van der Waals surface area (Å²) < 4.78 is 30.1. The fourth-order valence-electron chi connectivity index (χ4n) is 4.50. The van der Waals surface area contributed by atoms with Crippen molar-refractivity contribution in [1.29, 1.82) is 0 Å². The lowest BCUT2D eigenvalue weighted by atomic mass is 9.91. The summed E-state index contributed by atoms with van der Waals surface area (Å²) in [5, 5.41) is 0. The van der Waals surface area contributed by atoms with Gasteiger partial charge in [0.15, 0.2) is 0 Å². The van der Waals surface area contributed by atoms with E-state index in [0.29, 0.717) is 0 Å². The Kier molecular flexibility index (Phi) is 8.18. The average Bonchev–Trinajstić information content (AvgIpc) is 3.14. The number of ether oxygens (including phenoxy) is 1. The van der Waals surface area contributed by atoms with Gasteiger partial charge < -0.3 is 4.74 Å². The molecule has 7 nitrogen and oxygen atoms in total. The molecule has 2 heterocycles. The molecule has 1 amide bonds. The largest absolute Gasteiger partial charge is 0.460 e. The average molecular weight is 507 g/mol. The van der Waals surface area contributed by atoms with Crippen LogP contribution in [-0.4, -0.2) is 50.9 Å². The molecule has 0 radical (unpaired) electrons. The number of amides is 1. The highest BCUT2D eigenvalue weighted by atomic mass is 32.2. The molecule has 0 aliphatic carbocycles. The van der Waals surface area contributed by atoms with Crippen molar-refractivity contribution in [2.45, 2.75) is 36.7 Å². The highest BCUT2D eigenvalue weighted by molar-refractivity contribution is 7.90. The minimum absolute atomic E-state index is 0.00104. The van der Waals surface area contributed by atoms with Crippen LogP contribution in [-0.2, 0) is 19.6 Å². The molecule has 1 fully saturated rings. The van der Waals surface area contributed by atoms with E-state index in [9.17, 15) is 18.0 Å². The highest BCUT2D eigenvalue weighted by Gasteiger charge is 2.31. The number of nitrogens with one attached hydrogen (secondary N) is 1. The van der Waals surface area contributed by atoms with E-state index in [-0.39, 0.29) is 28.5 Å². The van der Waals surface area contributed by atoms with Gasteiger partial charge in [-0.25, -0.2) is 13.1 Å². The third-order valence-electron chi connectivity index (χ3n) is 6.34. The number of nitrogens with zero attached hydrogens (tertiary/aromatic N) is 1. The van der Waals surface area contributed by atoms with E-state index in [1.165, 1.54) is 12.1 Å². The van der Waals surface area contributed by atoms with Gasteiger partial charge in [0.25, 0.3) is 15.9 Å². The number of likely N-dealkylation sites (N-methyl/N-ethyl adjacent to an activating group) is 1. The molecule has 0 bridgehead atoms. The number of benzene rings is 3. The molecule has 0 aromatic heterocycles. The topological polar surface area (TPSA) is 92.8 Å². The second-order valence-electron chi connectivity index (χ2n) is 8.78. The number of likely N-dealkylation sites (tertiary alicyclic amines) is 1. The molecule has 188 valence electrons. The van der Waals surface area contributed by atoms with Gasteiger partial charge in [0.1, 0.15) is 16.9 Å². The van der Waals surface area contributed by atoms with Crippen LogP contribution in [0.15, 0.2) is 89.8 Å². The maximum Gasteiger partial charge on any atom is 0.318 e. The van der Waals surface area contributed by atoms with Crippen LogP contribution < -0.4 is 4.72 Å². The number of hydrogen-bond acceptors (Lipinski definition) is 6. The second kappa shape index (κ2) is 11.5. The summed E-state index contributed by atoms with van der Waals surface area (Å²) >= 11 is 0. The Labute approximate surface area is 212 Å².